The summed E-state index contributed by atoms with van der Waals surface area (Å²) in [6.07, 6.45) is 2.16. The standard InChI is InChI=1S/C18H22N2O5S/c1-18(2,17(24)25)10-19-14(21)13(8-9-26-3)20-15(22)11-6-4-5-7-12(11)16(20)23/h4-7,13H,8-10H2,1-3H3,(H,19,21)(H,24,25). The van der Waals surface area contributed by atoms with Crippen molar-refractivity contribution in [1.82, 2.24) is 10.2 Å². The molecule has 0 radical (unpaired) electrons. The van der Waals surface area contributed by atoms with Crippen LogP contribution in [-0.2, 0) is 9.59 Å². The van der Waals surface area contributed by atoms with Crippen molar-refractivity contribution in [3.8, 4) is 0 Å². The van der Waals surface area contributed by atoms with Gasteiger partial charge in [0.25, 0.3) is 11.8 Å². The highest BCUT2D eigenvalue weighted by molar-refractivity contribution is 7.98. The van der Waals surface area contributed by atoms with Crippen molar-refractivity contribution >= 4 is 35.5 Å². The van der Waals surface area contributed by atoms with E-state index in [1.807, 2.05) is 6.26 Å². The van der Waals surface area contributed by atoms with Gasteiger partial charge in [0.15, 0.2) is 0 Å². The molecule has 2 N–H and O–H groups in total. The maximum absolute atomic E-state index is 12.7. The maximum Gasteiger partial charge on any atom is 0.310 e. The second-order valence-electron chi connectivity index (χ2n) is 6.73. The quantitative estimate of drug-likeness (QED) is 0.667. The zero-order valence-corrected chi connectivity index (χ0v) is 15.8. The average Bonchev–Trinajstić information content (AvgIpc) is 2.85. The van der Waals surface area contributed by atoms with Gasteiger partial charge in [-0.3, -0.25) is 24.1 Å². The number of carbonyl (C=O) groups is 4. The van der Waals surface area contributed by atoms with E-state index in [-0.39, 0.29) is 17.7 Å². The molecule has 0 saturated heterocycles. The summed E-state index contributed by atoms with van der Waals surface area (Å²) in [7, 11) is 0. The molecule has 26 heavy (non-hydrogen) atoms. The third-order valence-electron chi connectivity index (χ3n) is 4.32. The number of rotatable bonds is 8. The van der Waals surface area contributed by atoms with Crippen LogP contribution in [0.4, 0.5) is 0 Å². The predicted octanol–water partition coefficient (Wildman–Crippen LogP) is 1.63. The van der Waals surface area contributed by atoms with Crippen molar-refractivity contribution in [2.75, 3.05) is 18.6 Å². The highest BCUT2D eigenvalue weighted by Crippen LogP contribution is 2.26. The molecule has 1 aliphatic rings. The van der Waals surface area contributed by atoms with Crippen molar-refractivity contribution in [2.24, 2.45) is 5.41 Å². The molecule has 1 aliphatic heterocycles. The van der Waals surface area contributed by atoms with Crippen LogP contribution >= 0.6 is 11.8 Å². The van der Waals surface area contributed by atoms with E-state index in [9.17, 15) is 24.3 Å². The third-order valence-corrected chi connectivity index (χ3v) is 4.96. The smallest absolute Gasteiger partial charge is 0.310 e. The molecule has 0 saturated carbocycles. The molecule has 0 bridgehead atoms. The normalized spacial score (nSPS) is 15.0. The molecule has 7 nitrogen and oxygen atoms in total. The summed E-state index contributed by atoms with van der Waals surface area (Å²) in [5, 5.41) is 11.8. The van der Waals surface area contributed by atoms with Crippen LogP contribution in [-0.4, -0.2) is 58.3 Å². The molecule has 0 spiro atoms. The number of carboxylic acid groups (broad SMARTS) is 1. The van der Waals surface area contributed by atoms with E-state index >= 15 is 0 Å². The van der Waals surface area contributed by atoms with Gasteiger partial charge in [-0.25, -0.2) is 0 Å². The lowest BCUT2D eigenvalue weighted by Gasteiger charge is -2.27. The molecule has 8 heteroatoms. The lowest BCUT2D eigenvalue weighted by atomic mass is 9.94. The molecule has 2 rings (SSSR count). The molecule has 0 aliphatic carbocycles. The molecule has 0 fully saturated rings. The van der Waals surface area contributed by atoms with Crippen LogP contribution in [0.15, 0.2) is 24.3 Å². The Balaban J connectivity index is 2.22. The molecule has 3 amide bonds. The van der Waals surface area contributed by atoms with Gasteiger partial charge < -0.3 is 10.4 Å². The fraction of sp³-hybridized carbons (Fsp3) is 0.444. The SMILES string of the molecule is CSCCC(C(=O)NCC(C)(C)C(=O)O)N1C(=O)c2ccccc2C1=O. The van der Waals surface area contributed by atoms with E-state index in [2.05, 4.69) is 5.32 Å². The maximum atomic E-state index is 12.7. The summed E-state index contributed by atoms with van der Waals surface area (Å²) >= 11 is 1.50. The Hall–Kier alpha value is -2.35. The first-order chi connectivity index (χ1) is 12.2. The number of nitrogens with zero attached hydrogens (tertiary/aromatic N) is 1. The molecule has 1 unspecified atom stereocenters. The first kappa shape index (κ1) is 20.0. The first-order valence-corrected chi connectivity index (χ1v) is 9.57. The van der Waals surface area contributed by atoms with Crippen LogP contribution in [0.2, 0.25) is 0 Å². The minimum atomic E-state index is -1.15. The van der Waals surface area contributed by atoms with Crippen molar-refractivity contribution in [3.63, 3.8) is 0 Å². The van der Waals surface area contributed by atoms with Crippen LogP contribution in [0.25, 0.3) is 0 Å². The number of benzene rings is 1. The van der Waals surface area contributed by atoms with Crippen molar-refractivity contribution < 1.29 is 24.3 Å². The van der Waals surface area contributed by atoms with Gasteiger partial charge in [0, 0.05) is 6.54 Å². The van der Waals surface area contributed by atoms with Gasteiger partial charge in [-0.2, -0.15) is 11.8 Å². The molecule has 0 aromatic heterocycles. The lowest BCUT2D eigenvalue weighted by Crippen LogP contribution is -2.52. The van der Waals surface area contributed by atoms with Gasteiger partial charge in [0.1, 0.15) is 6.04 Å². The van der Waals surface area contributed by atoms with Gasteiger partial charge in [-0.1, -0.05) is 12.1 Å². The number of hydrogen-bond acceptors (Lipinski definition) is 5. The largest absolute Gasteiger partial charge is 0.481 e. The zero-order chi connectivity index (χ0) is 19.5. The second kappa shape index (κ2) is 7.90. The number of imide groups is 1. The van der Waals surface area contributed by atoms with E-state index in [1.54, 1.807) is 24.3 Å². The number of fused-ring (bicyclic) bond motifs is 1. The van der Waals surface area contributed by atoms with Crippen molar-refractivity contribution in [1.29, 1.82) is 0 Å². The highest BCUT2D eigenvalue weighted by atomic mass is 32.2. The van der Waals surface area contributed by atoms with Gasteiger partial charge in [-0.15, -0.1) is 0 Å². The predicted molar refractivity (Wildman–Crippen MR) is 98.2 cm³/mol. The zero-order valence-electron chi connectivity index (χ0n) is 14.9. The Kier molecular flexibility index (Phi) is 6.07. The lowest BCUT2D eigenvalue weighted by molar-refractivity contribution is -0.146. The van der Waals surface area contributed by atoms with E-state index < -0.39 is 35.1 Å². The number of amides is 3. The van der Waals surface area contributed by atoms with Crippen molar-refractivity contribution in [3.05, 3.63) is 35.4 Å². The minimum Gasteiger partial charge on any atom is -0.481 e. The van der Waals surface area contributed by atoms with Crippen LogP contribution in [0, 0.1) is 5.41 Å². The minimum absolute atomic E-state index is 0.0971. The Labute approximate surface area is 156 Å². The number of hydrogen-bond donors (Lipinski definition) is 2. The van der Waals surface area contributed by atoms with Crippen LogP contribution in [0.5, 0.6) is 0 Å². The topological polar surface area (TPSA) is 104 Å². The molecule has 1 heterocycles. The highest BCUT2D eigenvalue weighted by Gasteiger charge is 2.42. The molecule has 1 atom stereocenters. The fourth-order valence-corrected chi connectivity index (χ4v) is 3.06. The summed E-state index contributed by atoms with van der Waals surface area (Å²) in [6, 6.07) is 5.48. The Morgan fingerprint density at radius 2 is 1.73 bits per heavy atom. The van der Waals surface area contributed by atoms with Crippen LogP contribution in [0.3, 0.4) is 0 Å². The number of nitrogens with one attached hydrogen (secondary N) is 1. The Bertz CT molecular complexity index is 712. The summed E-state index contributed by atoms with van der Waals surface area (Å²) < 4.78 is 0. The summed E-state index contributed by atoms with van der Waals surface area (Å²) in [5.41, 5.74) is -0.586. The third kappa shape index (κ3) is 3.90. The molecule has 140 valence electrons. The van der Waals surface area contributed by atoms with E-state index in [0.29, 0.717) is 12.2 Å². The molecular weight excluding hydrogens is 356 g/mol. The Morgan fingerprint density at radius 3 is 2.19 bits per heavy atom. The van der Waals surface area contributed by atoms with Gasteiger partial charge in [0.2, 0.25) is 5.91 Å². The summed E-state index contributed by atoms with van der Waals surface area (Å²) in [5.74, 6) is -1.98. The summed E-state index contributed by atoms with van der Waals surface area (Å²) in [4.78, 5) is 50.2. The number of aliphatic carboxylic acids is 1. The summed E-state index contributed by atoms with van der Waals surface area (Å²) in [6.45, 7) is 2.89. The molecular formula is C18H22N2O5S. The van der Waals surface area contributed by atoms with Gasteiger partial charge in [0.05, 0.1) is 16.5 Å². The van der Waals surface area contributed by atoms with E-state index in [0.717, 1.165) is 4.90 Å². The second-order valence-corrected chi connectivity index (χ2v) is 7.72. The number of carbonyl (C=O) groups excluding carboxylic acids is 3. The van der Waals surface area contributed by atoms with Gasteiger partial charge >= 0.3 is 5.97 Å². The van der Waals surface area contributed by atoms with Crippen LogP contribution < -0.4 is 5.32 Å². The van der Waals surface area contributed by atoms with E-state index in [4.69, 9.17) is 0 Å². The molecule has 1 aromatic carbocycles. The number of thioether (sulfide) groups is 1. The van der Waals surface area contributed by atoms with Crippen LogP contribution in [0.1, 0.15) is 41.0 Å². The van der Waals surface area contributed by atoms with Gasteiger partial charge in [-0.05, 0) is 44.4 Å². The van der Waals surface area contributed by atoms with Crippen molar-refractivity contribution in [2.45, 2.75) is 26.3 Å². The Morgan fingerprint density at radius 1 is 1.19 bits per heavy atom. The number of carboxylic acids is 1. The first-order valence-electron chi connectivity index (χ1n) is 8.17. The average molecular weight is 378 g/mol. The molecule has 1 aromatic rings. The monoisotopic (exact) mass is 378 g/mol. The van der Waals surface area contributed by atoms with E-state index in [1.165, 1.54) is 25.6 Å². The fourth-order valence-electron chi connectivity index (χ4n) is 2.60.